The minimum absolute atomic E-state index is 0.113. The summed E-state index contributed by atoms with van der Waals surface area (Å²) in [6, 6.07) is 6.65. The topological polar surface area (TPSA) is 46.2 Å². The second-order valence-electron chi connectivity index (χ2n) is 3.37. The Morgan fingerprint density at radius 2 is 1.86 bits per heavy atom. The van der Waals surface area contributed by atoms with E-state index in [-0.39, 0.29) is 11.9 Å². The first-order valence-corrected chi connectivity index (χ1v) is 4.49. The van der Waals surface area contributed by atoms with E-state index in [1.165, 1.54) is 0 Å². The monoisotopic (exact) mass is 191 g/mol. The molecule has 14 heavy (non-hydrogen) atoms. The van der Waals surface area contributed by atoms with Crippen molar-refractivity contribution in [1.29, 1.82) is 0 Å². The number of nitrogens with one attached hydrogen (secondary N) is 1. The number of amides is 1. The van der Waals surface area contributed by atoms with Gasteiger partial charge in [-0.1, -0.05) is 12.1 Å². The summed E-state index contributed by atoms with van der Waals surface area (Å²) in [5.41, 5.74) is 1.15. The molecule has 3 heteroatoms. The van der Waals surface area contributed by atoms with Crippen LogP contribution < -0.4 is 5.32 Å². The van der Waals surface area contributed by atoms with E-state index in [1.807, 2.05) is 13.8 Å². The fourth-order valence-electron chi connectivity index (χ4n) is 1.06. The van der Waals surface area contributed by atoms with Gasteiger partial charge >= 0.3 is 0 Å². The normalized spacial score (nSPS) is 9.93. The van der Waals surface area contributed by atoms with Gasteiger partial charge in [0.15, 0.2) is 0 Å². The Balaban J connectivity index is 2.76. The second-order valence-corrected chi connectivity index (χ2v) is 3.37. The molecule has 1 aromatic carbocycles. The largest absolute Gasteiger partial charge is 0.350 e. The molecule has 0 aliphatic rings. The Bertz CT molecular complexity index is 328. The zero-order chi connectivity index (χ0) is 10.6. The summed E-state index contributed by atoms with van der Waals surface area (Å²) in [4.78, 5) is 21.8. The lowest BCUT2D eigenvalue weighted by atomic mass is 10.1. The van der Waals surface area contributed by atoms with Crippen LogP contribution in [0.4, 0.5) is 0 Å². The van der Waals surface area contributed by atoms with Crippen LogP contribution >= 0.6 is 0 Å². The van der Waals surface area contributed by atoms with Gasteiger partial charge < -0.3 is 5.32 Å². The van der Waals surface area contributed by atoms with Crippen molar-refractivity contribution in [2.45, 2.75) is 19.9 Å². The van der Waals surface area contributed by atoms with E-state index < -0.39 is 0 Å². The van der Waals surface area contributed by atoms with Gasteiger partial charge in [-0.2, -0.15) is 0 Å². The smallest absolute Gasteiger partial charge is 0.251 e. The van der Waals surface area contributed by atoms with Crippen LogP contribution in [-0.4, -0.2) is 18.2 Å². The number of benzene rings is 1. The lowest BCUT2D eigenvalue weighted by molar-refractivity contribution is 0.0942. The maximum absolute atomic E-state index is 11.5. The molecule has 3 nitrogen and oxygen atoms in total. The molecule has 0 bridgehead atoms. The lowest BCUT2D eigenvalue weighted by Crippen LogP contribution is -2.29. The molecule has 0 saturated heterocycles. The van der Waals surface area contributed by atoms with Gasteiger partial charge in [0.25, 0.3) is 5.91 Å². The van der Waals surface area contributed by atoms with Crippen molar-refractivity contribution in [1.82, 2.24) is 5.32 Å². The van der Waals surface area contributed by atoms with Crippen molar-refractivity contribution < 1.29 is 9.59 Å². The molecule has 0 fully saturated rings. The third-order valence-corrected chi connectivity index (χ3v) is 1.73. The molecular formula is C11H13NO2. The Labute approximate surface area is 83.1 Å². The summed E-state index contributed by atoms with van der Waals surface area (Å²) >= 11 is 0. The quantitative estimate of drug-likeness (QED) is 0.738. The number of carbonyl (C=O) groups is 2. The number of hydrogen-bond acceptors (Lipinski definition) is 2. The predicted molar refractivity (Wildman–Crippen MR) is 54.4 cm³/mol. The van der Waals surface area contributed by atoms with Gasteiger partial charge in [0.2, 0.25) is 0 Å². The fraction of sp³-hybridized carbons (Fsp3) is 0.273. The maximum Gasteiger partial charge on any atom is 0.251 e. The first-order valence-electron chi connectivity index (χ1n) is 4.49. The second kappa shape index (κ2) is 4.56. The van der Waals surface area contributed by atoms with Gasteiger partial charge in [0, 0.05) is 17.2 Å². The van der Waals surface area contributed by atoms with Gasteiger partial charge in [-0.3, -0.25) is 9.59 Å². The summed E-state index contributed by atoms with van der Waals surface area (Å²) in [5.74, 6) is -0.113. The fourth-order valence-corrected chi connectivity index (χ4v) is 1.06. The van der Waals surface area contributed by atoms with E-state index in [4.69, 9.17) is 0 Å². The highest BCUT2D eigenvalue weighted by atomic mass is 16.1. The van der Waals surface area contributed by atoms with Crippen molar-refractivity contribution in [3.05, 3.63) is 35.4 Å². The highest BCUT2D eigenvalue weighted by Gasteiger charge is 2.05. The number of aldehydes is 1. The van der Waals surface area contributed by atoms with Gasteiger partial charge in [-0.25, -0.2) is 0 Å². The van der Waals surface area contributed by atoms with Crippen LogP contribution in [0.15, 0.2) is 24.3 Å². The third-order valence-electron chi connectivity index (χ3n) is 1.73. The van der Waals surface area contributed by atoms with Crippen molar-refractivity contribution in [2.24, 2.45) is 0 Å². The summed E-state index contributed by atoms with van der Waals surface area (Å²) in [6.07, 6.45) is 0.754. The molecule has 1 aromatic rings. The van der Waals surface area contributed by atoms with E-state index >= 15 is 0 Å². The highest BCUT2D eigenvalue weighted by Crippen LogP contribution is 2.02. The number of rotatable bonds is 3. The van der Waals surface area contributed by atoms with Crippen molar-refractivity contribution >= 4 is 12.2 Å². The van der Waals surface area contributed by atoms with Gasteiger partial charge in [-0.05, 0) is 26.0 Å². The molecule has 74 valence electrons. The van der Waals surface area contributed by atoms with E-state index in [1.54, 1.807) is 24.3 Å². The van der Waals surface area contributed by atoms with Crippen LogP contribution in [0.25, 0.3) is 0 Å². The van der Waals surface area contributed by atoms with Crippen LogP contribution in [0.5, 0.6) is 0 Å². The number of hydrogen-bond donors (Lipinski definition) is 1. The molecule has 0 heterocycles. The molecule has 0 aliphatic carbocycles. The van der Waals surface area contributed by atoms with Crippen LogP contribution in [0.2, 0.25) is 0 Å². The molecule has 1 rings (SSSR count). The summed E-state index contributed by atoms with van der Waals surface area (Å²) in [6.45, 7) is 3.80. The Morgan fingerprint density at radius 3 is 2.29 bits per heavy atom. The van der Waals surface area contributed by atoms with Crippen LogP contribution in [-0.2, 0) is 0 Å². The van der Waals surface area contributed by atoms with Crippen LogP contribution in [0.1, 0.15) is 34.6 Å². The van der Waals surface area contributed by atoms with Gasteiger partial charge in [0.1, 0.15) is 6.29 Å². The van der Waals surface area contributed by atoms with Gasteiger partial charge in [-0.15, -0.1) is 0 Å². The van der Waals surface area contributed by atoms with Crippen molar-refractivity contribution in [3.63, 3.8) is 0 Å². The summed E-state index contributed by atoms with van der Waals surface area (Å²) in [7, 11) is 0. The molecule has 0 aliphatic heterocycles. The minimum atomic E-state index is -0.113. The van der Waals surface area contributed by atoms with Crippen molar-refractivity contribution in [3.8, 4) is 0 Å². The Kier molecular flexibility index (Phi) is 3.40. The standard InChI is InChI=1S/C11H13NO2/c1-8(2)12-11(14)10-5-3-9(7-13)4-6-10/h3-8H,1-2H3,(H,12,14). The van der Waals surface area contributed by atoms with E-state index in [0.717, 1.165) is 6.29 Å². The number of carbonyl (C=O) groups excluding carboxylic acids is 2. The molecule has 0 spiro atoms. The zero-order valence-corrected chi connectivity index (χ0v) is 8.28. The van der Waals surface area contributed by atoms with E-state index in [0.29, 0.717) is 11.1 Å². The summed E-state index contributed by atoms with van der Waals surface area (Å²) in [5, 5.41) is 2.77. The average molecular weight is 191 g/mol. The lowest BCUT2D eigenvalue weighted by Gasteiger charge is -2.07. The van der Waals surface area contributed by atoms with E-state index in [2.05, 4.69) is 5.32 Å². The minimum Gasteiger partial charge on any atom is -0.350 e. The highest BCUT2D eigenvalue weighted by molar-refractivity contribution is 5.94. The SMILES string of the molecule is CC(C)NC(=O)c1ccc(C=O)cc1. The molecule has 1 N–H and O–H groups in total. The first-order chi connectivity index (χ1) is 6.63. The Morgan fingerprint density at radius 1 is 1.29 bits per heavy atom. The summed E-state index contributed by atoms with van der Waals surface area (Å²) < 4.78 is 0. The van der Waals surface area contributed by atoms with Crippen molar-refractivity contribution in [2.75, 3.05) is 0 Å². The molecular weight excluding hydrogens is 178 g/mol. The van der Waals surface area contributed by atoms with E-state index in [9.17, 15) is 9.59 Å². The van der Waals surface area contributed by atoms with Gasteiger partial charge in [0.05, 0.1) is 0 Å². The predicted octanol–water partition coefficient (Wildman–Crippen LogP) is 1.64. The molecule has 0 radical (unpaired) electrons. The maximum atomic E-state index is 11.5. The molecule has 1 amide bonds. The first kappa shape index (κ1) is 10.4. The zero-order valence-electron chi connectivity index (χ0n) is 8.28. The third kappa shape index (κ3) is 2.69. The molecule has 0 saturated carbocycles. The molecule has 0 aromatic heterocycles. The van der Waals surface area contributed by atoms with Crippen LogP contribution in [0, 0.1) is 0 Å². The molecule has 0 unspecified atom stereocenters. The molecule has 0 atom stereocenters. The van der Waals surface area contributed by atoms with Crippen LogP contribution in [0.3, 0.4) is 0 Å². The Hall–Kier alpha value is -1.64. The average Bonchev–Trinajstić information content (AvgIpc) is 2.17.